The molecule has 0 amide bonds. The minimum absolute atomic E-state index is 0.282. The van der Waals surface area contributed by atoms with E-state index in [0.717, 1.165) is 18.5 Å². The second kappa shape index (κ2) is 8.12. The van der Waals surface area contributed by atoms with E-state index in [1.165, 1.54) is 0 Å². The van der Waals surface area contributed by atoms with Gasteiger partial charge >= 0.3 is 0 Å². The first-order chi connectivity index (χ1) is 9.42. The molecule has 4 nitrogen and oxygen atoms in total. The quantitative estimate of drug-likeness (QED) is 0.768. The normalized spacial score (nSPS) is 12.9. The van der Waals surface area contributed by atoms with Gasteiger partial charge in [0.05, 0.1) is 7.11 Å². The number of phenolic OH excluding ortho intramolecular Hbond substituents is 1. The van der Waals surface area contributed by atoms with E-state index in [4.69, 9.17) is 4.74 Å². The molecule has 1 unspecified atom stereocenters. The predicted octanol–water partition coefficient (Wildman–Crippen LogP) is 2.47. The van der Waals surface area contributed by atoms with E-state index in [-0.39, 0.29) is 5.75 Å². The lowest BCUT2D eigenvalue weighted by atomic mass is 10.0. The molecule has 1 rings (SSSR count). The van der Waals surface area contributed by atoms with Crippen LogP contribution in [0, 0.1) is 5.92 Å². The van der Waals surface area contributed by atoms with Crippen LogP contribution in [0.4, 0.5) is 0 Å². The van der Waals surface area contributed by atoms with Crippen LogP contribution in [0.1, 0.15) is 25.8 Å². The lowest BCUT2D eigenvalue weighted by Gasteiger charge is -2.24. The Labute approximate surface area is 122 Å². The van der Waals surface area contributed by atoms with E-state index in [1.807, 2.05) is 12.1 Å². The molecule has 0 radical (unpaired) electrons. The fraction of sp³-hybridized carbons (Fsp3) is 0.625. The molecule has 0 saturated heterocycles. The average Bonchev–Trinajstić information content (AvgIpc) is 2.35. The van der Waals surface area contributed by atoms with Gasteiger partial charge in [-0.2, -0.15) is 0 Å². The molecule has 0 heterocycles. The maximum absolute atomic E-state index is 9.97. The van der Waals surface area contributed by atoms with Crippen molar-refractivity contribution in [1.82, 2.24) is 10.2 Å². The summed E-state index contributed by atoms with van der Waals surface area (Å²) in [7, 11) is 5.77. The van der Waals surface area contributed by atoms with Gasteiger partial charge in [-0.15, -0.1) is 0 Å². The number of rotatable bonds is 8. The number of hydrogen-bond donors (Lipinski definition) is 2. The van der Waals surface area contributed by atoms with Gasteiger partial charge in [-0.3, -0.25) is 0 Å². The second-order valence-corrected chi connectivity index (χ2v) is 5.96. The van der Waals surface area contributed by atoms with Crippen LogP contribution in [0.5, 0.6) is 11.5 Å². The molecule has 1 aromatic carbocycles. The van der Waals surface area contributed by atoms with E-state index in [1.54, 1.807) is 13.2 Å². The Bertz CT molecular complexity index is 395. The summed E-state index contributed by atoms with van der Waals surface area (Å²) in [6.07, 6.45) is 1.12. The van der Waals surface area contributed by atoms with Crippen LogP contribution in [0.2, 0.25) is 0 Å². The Morgan fingerprint density at radius 2 is 2.00 bits per heavy atom. The maximum Gasteiger partial charge on any atom is 0.123 e. The number of benzene rings is 1. The third-order valence-corrected chi connectivity index (χ3v) is 3.22. The molecule has 0 aliphatic carbocycles. The Balaban J connectivity index is 2.61. The zero-order valence-corrected chi connectivity index (χ0v) is 13.3. The molecule has 0 saturated carbocycles. The fourth-order valence-corrected chi connectivity index (χ4v) is 2.31. The van der Waals surface area contributed by atoms with Crippen LogP contribution >= 0.6 is 0 Å². The Hall–Kier alpha value is -1.26. The zero-order chi connectivity index (χ0) is 15.1. The van der Waals surface area contributed by atoms with Crippen molar-refractivity contribution >= 4 is 0 Å². The van der Waals surface area contributed by atoms with Crippen molar-refractivity contribution in [3.05, 3.63) is 23.8 Å². The first kappa shape index (κ1) is 16.8. The Morgan fingerprint density at radius 3 is 2.50 bits per heavy atom. The molecule has 2 N–H and O–H groups in total. The second-order valence-electron chi connectivity index (χ2n) is 5.96. The van der Waals surface area contributed by atoms with Crippen LogP contribution in [-0.2, 0) is 6.54 Å². The molecule has 0 bridgehead atoms. The number of likely N-dealkylation sites (N-methyl/N-ethyl adjacent to an activating group) is 1. The average molecular weight is 280 g/mol. The number of nitrogens with zero attached hydrogens (tertiary/aromatic N) is 1. The zero-order valence-electron chi connectivity index (χ0n) is 13.3. The topological polar surface area (TPSA) is 44.7 Å². The molecule has 1 atom stereocenters. The number of nitrogens with one attached hydrogen (secondary N) is 1. The van der Waals surface area contributed by atoms with Crippen molar-refractivity contribution in [2.45, 2.75) is 32.9 Å². The summed E-state index contributed by atoms with van der Waals surface area (Å²) in [4.78, 5) is 2.19. The summed E-state index contributed by atoms with van der Waals surface area (Å²) in [5.74, 6) is 1.61. The molecule has 0 spiro atoms. The van der Waals surface area contributed by atoms with E-state index in [2.05, 4.69) is 38.2 Å². The van der Waals surface area contributed by atoms with Crippen molar-refractivity contribution in [3.8, 4) is 11.5 Å². The van der Waals surface area contributed by atoms with E-state index in [0.29, 0.717) is 24.3 Å². The van der Waals surface area contributed by atoms with Gasteiger partial charge in [0.1, 0.15) is 11.5 Å². The third-order valence-electron chi connectivity index (χ3n) is 3.22. The highest BCUT2D eigenvalue weighted by Crippen LogP contribution is 2.23. The Kier molecular flexibility index (Phi) is 6.82. The summed E-state index contributed by atoms with van der Waals surface area (Å²) in [5, 5.41) is 13.5. The predicted molar refractivity (Wildman–Crippen MR) is 83.3 cm³/mol. The van der Waals surface area contributed by atoms with E-state index in [9.17, 15) is 5.11 Å². The minimum atomic E-state index is 0.282. The van der Waals surface area contributed by atoms with E-state index < -0.39 is 0 Å². The van der Waals surface area contributed by atoms with Gasteiger partial charge in [0.2, 0.25) is 0 Å². The molecule has 0 aliphatic heterocycles. The smallest absolute Gasteiger partial charge is 0.123 e. The van der Waals surface area contributed by atoms with Crippen LogP contribution in [-0.4, -0.2) is 43.8 Å². The molecular formula is C16H28N2O2. The molecule has 4 heteroatoms. The summed E-state index contributed by atoms with van der Waals surface area (Å²) in [6, 6.07) is 5.86. The number of ether oxygens (including phenoxy) is 1. The van der Waals surface area contributed by atoms with Crippen molar-refractivity contribution in [3.63, 3.8) is 0 Å². The highest BCUT2D eigenvalue weighted by molar-refractivity contribution is 5.39. The Morgan fingerprint density at radius 1 is 1.30 bits per heavy atom. The maximum atomic E-state index is 9.97. The van der Waals surface area contributed by atoms with Crippen molar-refractivity contribution in [2.75, 3.05) is 27.7 Å². The van der Waals surface area contributed by atoms with Crippen LogP contribution < -0.4 is 10.1 Å². The SMILES string of the molecule is COc1ccc(CNC(CC(C)C)CN(C)C)c(O)c1. The molecule has 1 aromatic rings. The summed E-state index contributed by atoms with van der Waals surface area (Å²) in [5.41, 5.74) is 0.901. The van der Waals surface area contributed by atoms with Crippen molar-refractivity contribution in [2.24, 2.45) is 5.92 Å². The third kappa shape index (κ3) is 5.80. The summed E-state index contributed by atoms with van der Waals surface area (Å²) in [6.45, 7) is 6.13. The monoisotopic (exact) mass is 280 g/mol. The van der Waals surface area contributed by atoms with Gasteiger partial charge < -0.3 is 20.1 Å². The molecule has 20 heavy (non-hydrogen) atoms. The van der Waals surface area contributed by atoms with Gasteiger partial charge in [-0.1, -0.05) is 19.9 Å². The van der Waals surface area contributed by atoms with Crippen molar-refractivity contribution in [1.29, 1.82) is 0 Å². The first-order valence-electron chi connectivity index (χ1n) is 7.16. The summed E-state index contributed by atoms with van der Waals surface area (Å²) < 4.78 is 5.09. The van der Waals surface area contributed by atoms with Crippen LogP contribution in [0.15, 0.2) is 18.2 Å². The van der Waals surface area contributed by atoms with Gasteiger partial charge in [0.25, 0.3) is 0 Å². The largest absolute Gasteiger partial charge is 0.507 e. The molecule has 0 aliphatic rings. The van der Waals surface area contributed by atoms with Crippen LogP contribution in [0.3, 0.4) is 0 Å². The van der Waals surface area contributed by atoms with E-state index >= 15 is 0 Å². The minimum Gasteiger partial charge on any atom is -0.507 e. The van der Waals surface area contributed by atoms with Crippen molar-refractivity contribution < 1.29 is 9.84 Å². The number of methoxy groups -OCH3 is 1. The number of phenols is 1. The highest BCUT2D eigenvalue weighted by Gasteiger charge is 2.12. The lowest BCUT2D eigenvalue weighted by molar-refractivity contribution is 0.304. The first-order valence-corrected chi connectivity index (χ1v) is 7.16. The fourth-order valence-electron chi connectivity index (χ4n) is 2.31. The molecule has 114 valence electrons. The van der Waals surface area contributed by atoms with Crippen LogP contribution in [0.25, 0.3) is 0 Å². The lowest BCUT2D eigenvalue weighted by Crippen LogP contribution is -2.38. The van der Waals surface area contributed by atoms with Gasteiger partial charge in [0.15, 0.2) is 0 Å². The highest BCUT2D eigenvalue weighted by atomic mass is 16.5. The number of aromatic hydroxyl groups is 1. The van der Waals surface area contributed by atoms with Gasteiger partial charge in [0, 0.05) is 30.8 Å². The summed E-state index contributed by atoms with van der Waals surface area (Å²) >= 11 is 0. The van der Waals surface area contributed by atoms with Gasteiger partial charge in [-0.05, 0) is 32.5 Å². The standard InChI is InChI=1S/C16H28N2O2/c1-12(2)8-14(11-18(3)4)17-10-13-6-7-15(20-5)9-16(13)19/h6-7,9,12,14,17,19H,8,10-11H2,1-5H3. The van der Waals surface area contributed by atoms with Gasteiger partial charge in [-0.25, -0.2) is 0 Å². The molecular weight excluding hydrogens is 252 g/mol. The number of hydrogen-bond acceptors (Lipinski definition) is 4. The molecule has 0 aromatic heterocycles. The molecule has 0 fully saturated rings.